The van der Waals surface area contributed by atoms with Crippen LogP contribution in [0.1, 0.15) is 52.0 Å². The maximum atomic E-state index is 13.0. The first-order valence-corrected chi connectivity index (χ1v) is 10.3. The predicted molar refractivity (Wildman–Crippen MR) is 113 cm³/mol. The number of carbonyl (C=O) groups is 1. The molecule has 1 aliphatic rings. The molecule has 1 heterocycles. The fourth-order valence-corrected chi connectivity index (χ4v) is 3.40. The van der Waals surface area contributed by atoms with Gasteiger partial charge in [-0.05, 0) is 38.7 Å². The van der Waals surface area contributed by atoms with Crippen molar-refractivity contribution in [3.05, 3.63) is 61.2 Å². The Morgan fingerprint density at radius 2 is 1.93 bits per heavy atom. The van der Waals surface area contributed by atoms with Crippen LogP contribution in [-0.4, -0.2) is 36.2 Å². The van der Waals surface area contributed by atoms with E-state index in [2.05, 4.69) is 13.2 Å². The highest BCUT2D eigenvalue weighted by molar-refractivity contribution is 5.75. The summed E-state index contributed by atoms with van der Waals surface area (Å²) >= 11 is 0. The minimum absolute atomic E-state index is 0.328. The predicted octanol–water partition coefficient (Wildman–Crippen LogP) is 4.96. The van der Waals surface area contributed by atoms with Gasteiger partial charge < -0.3 is 18.9 Å². The van der Waals surface area contributed by atoms with Gasteiger partial charge in [0.1, 0.15) is 18.3 Å². The molecule has 5 nitrogen and oxygen atoms in total. The van der Waals surface area contributed by atoms with Crippen molar-refractivity contribution in [2.75, 3.05) is 0 Å². The lowest BCUT2D eigenvalue weighted by Crippen LogP contribution is -2.40. The molecule has 0 aliphatic carbocycles. The summed E-state index contributed by atoms with van der Waals surface area (Å²) in [5.74, 6) is -1.12. The van der Waals surface area contributed by atoms with Gasteiger partial charge in [-0.2, -0.15) is 0 Å². The van der Waals surface area contributed by atoms with Gasteiger partial charge in [0, 0.05) is 0 Å². The third kappa shape index (κ3) is 7.11. The number of allylic oxidation sites excluding steroid dienone is 1. The number of hydrogen-bond donors (Lipinski definition) is 0. The fourth-order valence-electron chi connectivity index (χ4n) is 3.40. The van der Waals surface area contributed by atoms with Crippen molar-refractivity contribution in [1.82, 2.24) is 0 Å². The Hall–Kier alpha value is -1.95. The highest BCUT2D eigenvalue weighted by Gasteiger charge is 2.45. The van der Waals surface area contributed by atoms with Crippen molar-refractivity contribution in [3.8, 4) is 0 Å². The number of esters is 1. The second-order valence-corrected chi connectivity index (χ2v) is 7.72. The minimum atomic E-state index is -0.742. The fraction of sp³-hybridized carbons (Fsp3) is 0.542. The zero-order valence-corrected chi connectivity index (χ0v) is 17.8. The van der Waals surface area contributed by atoms with Gasteiger partial charge in [-0.15, -0.1) is 13.2 Å². The third-order valence-electron chi connectivity index (χ3n) is 4.79. The summed E-state index contributed by atoms with van der Waals surface area (Å²) in [4.78, 5) is 13.0. The van der Waals surface area contributed by atoms with E-state index in [-0.39, 0.29) is 18.2 Å². The quantitative estimate of drug-likeness (QED) is 0.365. The highest BCUT2D eigenvalue weighted by Crippen LogP contribution is 2.33. The van der Waals surface area contributed by atoms with Crippen LogP contribution in [-0.2, 0) is 30.3 Å². The molecule has 0 spiro atoms. The van der Waals surface area contributed by atoms with E-state index in [1.165, 1.54) is 0 Å². The molecule has 1 aromatic rings. The molecule has 29 heavy (non-hydrogen) atoms. The van der Waals surface area contributed by atoms with E-state index in [4.69, 9.17) is 18.9 Å². The zero-order chi connectivity index (χ0) is 21.3. The van der Waals surface area contributed by atoms with Gasteiger partial charge in [0.25, 0.3) is 0 Å². The van der Waals surface area contributed by atoms with Crippen molar-refractivity contribution >= 4 is 5.97 Å². The van der Waals surface area contributed by atoms with Gasteiger partial charge in [-0.25, -0.2) is 4.79 Å². The van der Waals surface area contributed by atoms with E-state index in [1.807, 2.05) is 51.1 Å². The molecule has 2 rings (SSSR count). The zero-order valence-electron chi connectivity index (χ0n) is 17.8. The minimum Gasteiger partial charge on any atom is -0.458 e. The molecule has 0 radical (unpaired) electrons. The Morgan fingerprint density at radius 1 is 1.21 bits per heavy atom. The van der Waals surface area contributed by atoms with Crippen molar-refractivity contribution in [3.63, 3.8) is 0 Å². The molecule has 1 fully saturated rings. The van der Waals surface area contributed by atoms with E-state index in [0.29, 0.717) is 25.9 Å². The largest absolute Gasteiger partial charge is 0.458 e. The van der Waals surface area contributed by atoms with Crippen molar-refractivity contribution in [1.29, 1.82) is 0 Å². The number of rotatable bonds is 12. The molecular weight excluding hydrogens is 368 g/mol. The lowest BCUT2D eigenvalue weighted by atomic mass is 10.0. The summed E-state index contributed by atoms with van der Waals surface area (Å²) in [6.45, 7) is 13.7. The van der Waals surface area contributed by atoms with E-state index in [1.54, 1.807) is 12.2 Å². The Kier molecular flexibility index (Phi) is 9.08. The molecule has 0 aromatic heterocycles. The molecule has 5 heteroatoms. The lowest BCUT2D eigenvalue weighted by Gasteiger charge is -2.27. The van der Waals surface area contributed by atoms with Crippen LogP contribution in [0.4, 0.5) is 0 Å². The average molecular weight is 403 g/mol. The summed E-state index contributed by atoms with van der Waals surface area (Å²) in [6, 6.07) is 9.78. The Bertz CT molecular complexity index is 654. The van der Waals surface area contributed by atoms with Crippen LogP contribution in [0.3, 0.4) is 0 Å². The molecule has 4 atom stereocenters. The highest BCUT2D eigenvalue weighted by atomic mass is 16.8. The number of benzene rings is 1. The molecule has 0 saturated carbocycles. The van der Waals surface area contributed by atoms with Gasteiger partial charge in [0.05, 0.1) is 6.61 Å². The first-order valence-electron chi connectivity index (χ1n) is 10.3. The van der Waals surface area contributed by atoms with E-state index in [0.717, 1.165) is 12.0 Å². The smallest absolute Gasteiger partial charge is 0.335 e. The topological polar surface area (TPSA) is 54.0 Å². The summed E-state index contributed by atoms with van der Waals surface area (Å²) in [6.07, 6.45) is 4.39. The standard InChI is InChI=1S/C24H34O5/c1-6-9-16-21(26-17-18-14-11-10-12-15-18)23(25)27-20(13-7-2)22-19(8-3)28-24(4,5)29-22/h6,8,10-12,14-15,19-22H,1,3,7,9,13,16-17H2,2,4-5H3/t19-,20+,21-,22-/m0/s1. The number of ether oxygens (including phenoxy) is 4. The summed E-state index contributed by atoms with van der Waals surface area (Å²) < 4.78 is 23.7. The second-order valence-electron chi connectivity index (χ2n) is 7.72. The molecule has 1 aromatic carbocycles. The molecule has 0 amide bonds. The number of carbonyl (C=O) groups excluding carboxylic acids is 1. The normalized spacial score (nSPS) is 22.6. The molecule has 1 saturated heterocycles. The van der Waals surface area contributed by atoms with Gasteiger partial charge in [0.15, 0.2) is 11.9 Å². The first-order chi connectivity index (χ1) is 13.9. The molecule has 0 bridgehead atoms. The summed E-state index contributed by atoms with van der Waals surface area (Å²) in [5.41, 5.74) is 1.01. The summed E-state index contributed by atoms with van der Waals surface area (Å²) in [5, 5.41) is 0. The van der Waals surface area contributed by atoms with Crippen LogP contribution >= 0.6 is 0 Å². The van der Waals surface area contributed by atoms with Gasteiger partial charge in [-0.1, -0.05) is 55.8 Å². The van der Waals surface area contributed by atoms with Crippen molar-refractivity contribution < 1.29 is 23.7 Å². The Morgan fingerprint density at radius 3 is 2.55 bits per heavy atom. The van der Waals surface area contributed by atoms with Crippen LogP contribution in [0.15, 0.2) is 55.6 Å². The van der Waals surface area contributed by atoms with Crippen LogP contribution in [0.2, 0.25) is 0 Å². The van der Waals surface area contributed by atoms with Crippen molar-refractivity contribution in [2.45, 2.75) is 83.3 Å². The van der Waals surface area contributed by atoms with E-state index < -0.39 is 18.0 Å². The molecular formula is C24H34O5. The third-order valence-corrected chi connectivity index (χ3v) is 4.79. The van der Waals surface area contributed by atoms with Gasteiger partial charge in [-0.3, -0.25) is 0 Å². The van der Waals surface area contributed by atoms with Crippen LogP contribution in [0.25, 0.3) is 0 Å². The van der Waals surface area contributed by atoms with Crippen LogP contribution in [0.5, 0.6) is 0 Å². The SMILES string of the molecule is C=CCC[C@H](OCc1ccccc1)C(=O)O[C@H](CCC)[C@H]1OC(C)(C)O[C@H]1C=C. The second kappa shape index (κ2) is 11.3. The van der Waals surface area contributed by atoms with E-state index >= 15 is 0 Å². The van der Waals surface area contributed by atoms with Gasteiger partial charge in [0.2, 0.25) is 0 Å². The molecule has 160 valence electrons. The maximum absolute atomic E-state index is 13.0. The molecule has 1 aliphatic heterocycles. The van der Waals surface area contributed by atoms with Crippen molar-refractivity contribution in [2.24, 2.45) is 0 Å². The van der Waals surface area contributed by atoms with E-state index in [9.17, 15) is 4.79 Å². The molecule has 0 unspecified atom stereocenters. The molecule has 0 N–H and O–H groups in total. The average Bonchev–Trinajstić information content (AvgIpc) is 3.03. The Balaban J connectivity index is 2.06. The number of hydrogen-bond acceptors (Lipinski definition) is 5. The lowest BCUT2D eigenvalue weighted by molar-refractivity contribution is -0.181. The maximum Gasteiger partial charge on any atom is 0.335 e. The van der Waals surface area contributed by atoms with Crippen LogP contribution in [0, 0.1) is 0 Å². The Labute approximate surface area is 174 Å². The van der Waals surface area contributed by atoms with Crippen LogP contribution < -0.4 is 0 Å². The first kappa shape index (κ1) is 23.3. The van der Waals surface area contributed by atoms with Gasteiger partial charge >= 0.3 is 5.97 Å². The monoisotopic (exact) mass is 402 g/mol. The summed E-state index contributed by atoms with van der Waals surface area (Å²) in [7, 11) is 0.